The van der Waals surface area contributed by atoms with Gasteiger partial charge in [0.15, 0.2) is 11.5 Å². The van der Waals surface area contributed by atoms with Gasteiger partial charge in [0.1, 0.15) is 0 Å². The number of carbonyl (C=O) groups is 1. The fourth-order valence-corrected chi connectivity index (χ4v) is 2.96. The largest absolute Gasteiger partial charge is 0.354 e. The number of aromatic nitrogens is 3. The summed E-state index contributed by atoms with van der Waals surface area (Å²) in [7, 11) is 2.08. The highest BCUT2D eigenvalue weighted by Crippen LogP contribution is 2.32. The van der Waals surface area contributed by atoms with Crippen molar-refractivity contribution in [3.8, 4) is 11.3 Å². The molecule has 122 valence electrons. The van der Waals surface area contributed by atoms with Crippen molar-refractivity contribution in [1.29, 1.82) is 0 Å². The highest BCUT2D eigenvalue weighted by Gasteiger charge is 2.28. The third-order valence-corrected chi connectivity index (χ3v) is 4.32. The van der Waals surface area contributed by atoms with E-state index in [0.29, 0.717) is 6.04 Å². The molecule has 0 unspecified atom stereocenters. The first kappa shape index (κ1) is 14.7. The molecule has 3 aromatic rings. The molecule has 2 heterocycles. The van der Waals surface area contributed by atoms with Gasteiger partial charge in [-0.3, -0.25) is 9.20 Å². The van der Waals surface area contributed by atoms with Crippen molar-refractivity contribution in [2.75, 3.05) is 17.3 Å². The van der Waals surface area contributed by atoms with E-state index in [0.717, 1.165) is 28.4 Å². The lowest BCUT2D eigenvalue weighted by Gasteiger charge is -2.17. The molecule has 0 bridgehead atoms. The standard InChI is InChI=1S/C18H19N5O/c1-12(24)21-14-5-3-4-13(10-14)16-11-20-18-17(19-8-9-23(16)18)22(2)15-6-7-15/h3-5,8-11,15H,6-7H2,1-2H3,(H,21,24). The van der Waals surface area contributed by atoms with E-state index in [9.17, 15) is 4.79 Å². The average Bonchev–Trinajstić information content (AvgIpc) is 3.32. The molecule has 1 saturated carbocycles. The van der Waals surface area contributed by atoms with Crippen LogP contribution in [0.1, 0.15) is 19.8 Å². The van der Waals surface area contributed by atoms with Crippen LogP contribution in [0.25, 0.3) is 16.9 Å². The van der Waals surface area contributed by atoms with Gasteiger partial charge in [-0.1, -0.05) is 12.1 Å². The Labute approximate surface area is 140 Å². The number of rotatable bonds is 4. The molecule has 1 fully saturated rings. The molecule has 0 saturated heterocycles. The Hall–Kier alpha value is -2.89. The number of nitrogens with zero attached hydrogens (tertiary/aromatic N) is 4. The van der Waals surface area contributed by atoms with E-state index >= 15 is 0 Å². The van der Waals surface area contributed by atoms with Crippen LogP contribution in [-0.2, 0) is 4.79 Å². The van der Waals surface area contributed by atoms with Crippen molar-refractivity contribution in [2.24, 2.45) is 0 Å². The van der Waals surface area contributed by atoms with Gasteiger partial charge in [0.2, 0.25) is 5.91 Å². The van der Waals surface area contributed by atoms with Crippen molar-refractivity contribution >= 4 is 23.1 Å². The Morgan fingerprint density at radius 2 is 2.17 bits per heavy atom. The summed E-state index contributed by atoms with van der Waals surface area (Å²) in [5.41, 5.74) is 3.61. The first-order valence-electron chi connectivity index (χ1n) is 8.06. The van der Waals surface area contributed by atoms with Gasteiger partial charge in [-0.25, -0.2) is 9.97 Å². The molecular formula is C18H19N5O. The third kappa shape index (κ3) is 2.60. The van der Waals surface area contributed by atoms with Crippen LogP contribution in [0.4, 0.5) is 11.5 Å². The van der Waals surface area contributed by atoms with Crippen LogP contribution in [0.15, 0.2) is 42.9 Å². The molecule has 1 aliphatic rings. The Kier molecular flexibility index (Phi) is 3.45. The van der Waals surface area contributed by atoms with Crippen LogP contribution in [0.5, 0.6) is 0 Å². The maximum Gasteiger partial charge on any atom is 0.221 e. The summed E-state index contributed by atoms with van der Waals surface area (Å²) in [4.78, 5) is 22.6. The molecule has 2 aromatic heterocycles. The van der Waals surface area contributed by atoms with Crippen molar-refractivity contribution in [1.82, 2.24) is 14.4 Å². The minimum absolute atomic E-state index is 0.0807. The normalized spacial score (nSPS) is 13.9. The predicted molar refractivity (Wildman–Crippen MR) is 94.2 cm³/mol. The summed E-state index contributed by atoms with van der Waals surface area (Å²) in [5.74, 6) is 0.826. The van der Waals surface area contributed by atoms with Crippen LogP contribution < -0.4 is 10.2 Å². The summed E-state index contributed by atoms with van der Waals surface area (Å²) in [6, 6.07) is 8.35. The molecule has 0 radical (unpaired) electrons. The van der Waals surface area contributed by atoms with E-state index in [1.165, 1.54) is 19.8 Å². The molecule has 24 heavy (non-hydrogen) atoms. The van der Waals surface area contributed by atoms with Gasteiger partial charge in [0.05, 0.1) is 11.9 Å². The number of carbonyl (C=O) groups excluding carboxylic acids is 1. The van der Waals surface area contributed by atoms with Crippen LogP contribution in [0.2, 0.25) is 0 Å². The molecule has 1 amide bonds. The number of nitrogens with one attached hydrogen (secondary N) is 1. The summed E-state index contributed by atoms with van der Waals surface area (Å²) >= 11 is 0. The fourth-order valence-electron chi connectivity index (χ4n) is 2.96. The number of benzene rings is 1. The molecule has 6 nitrogen and oxygen atoms in total. The van der Waals surface area contributed by atoms with Crippen LogP contribution >= 0.6 is 0 Å². The van der Waals surface area contributed by atoms with Gasteiger partial charge >= 0.3 is 0 Å². The quantitative estimate of drug-likeness (QED) is 0.802. The number of hydrogen-bond donors (Lipinski definition) is 1. The minimum atomic E-state index is -0.0807. The molecule has 0 aliphatic heterocycles. The minimum Gasteiger partial charge on any atom is -0.354 e. The number of hydrogen-bond acceptors (Lipinski definition) is 4. The number of anilines is 2. The Balaban J connectivity index is 1.78. The van der Waals surface area contributed by atoms with Gasteiger partial charge < -0.3 is 10.2 Å². The van der Waals surface area contributed by atoms with E-state index in [-0.39, 0.29) is 5.91 Å². The third-order valence-electron chi connectivity index (χ3n) is 4.32. The second-order valence-corrected chi connectivity index (χ2v) is 6.19. The molecule has 1 aromatic carbocycles. The van der Waals surface area contributed by atoms with Gasteiger partial charge in [0, 0.05) is 43.7 Å². The van der Waals surface area contributed by atoms with Crippen LogP contribution in [0.3, 0.4) is 0 Å². The molecule has 0 spiro atoms. The van der Waals surface area contributed by atoms with Gasteiger partial charge in [0.25, 0.3) is 0 Å². The lowest BCUT2D eigenvalue weighted by Crippen LogP contribution is -2.21. The Morgan fingerprint density at radius 1 is 1.33 bits per heavy atom. The smallest absolute Gasteiger partial charge is 0.221 e. The topological polar surface area (TPSA) is 62.5 Å². The van der Waals surface area contributed by atoms with E-state index < -0.39 is 0 Å². The number of amides is 1. The monoisotopic (exact) mass is 321 g/mol. The first-order valence-corrected chi connectivity index (χ1v) is 8.06. The first-order chi connectivity index (χ1) is 11.6. The summed E-state index contributed by atoms with van der Waals surface area (Å²) in [6.45, 7) is 1.51. The Morgan fingerprint density at radius 3 is 2.92 bits per heavy atom. The maximum atomic E-state index is 11.3. The van der Waals surface area contributed by atoms with Crippen LogP contribution in [0, 0.1) is 0 Å². The second kappa shape index (κ2) is 5.63. The molecule has 4 rings (SSSR count). The molecule has 1 aliphatic carbocycles. The van der Waals surface area contributed by atoms with Gasteiger partial charge in [-0.05, 0) is 25.0 Å². The summed E-state index contributed by atoms with van der Waals surface area (Å²) < 4.78 is 2.05. The van der Waals surface area contributed by atoms with E-state index in [1.54, 1.807) is 0 Å². The van der Waals surface area contributed by atoms with Crippen LogP contribution in [-0.4, -0.2) is 33.4 Å². The average molecular weight is 321 g/mol. The number of imidazole rings is 1. The van der Waals surface area contributed by atoms with Gasteiger partial charge in [-0.15, -0.1) is 0 Å². The fraction of sp³-hybridized carbons (Fsp3) is 0.278. The second-order valence-electron chi connectivity index (χ2n) is 6.19. The van der Waals surface area contributed by atoms with Crippen molar-refractivity contribution in [3.63, 3.8) is 0 Å². The predicted octanol–water partition coefficient (Wildman–Crippen LogP) is 2.95. The lowest BCUT2D eigenvalue weighted by molar-refractivity contribution is -0.114. The van der Waals surface area contributed by atoms with Crippen molar-refractivity contribution < 1.29 is 4.79 Å². The van der Waals surface area contributed by atoms with Crippen molar-refractivity contribution in [3.05, 3.63) is 42.9 Å². The molecular weight excluding hydrogens is 302 g/mol. The zero-order valence-corrected chi connectivity index (χ0v) is 13.7. The van der Waals surface area contributed by atoms with Gasteiger partial charge in [-0.2, -0.15) is 0 Å². The zero-order chi connectivity index (χ0) is 16.7. The Bertz CT molecular complexity index is 913. The van der Waals surface area contributed by atoms with E-state index in [1.807, 2.05) is 47.3 Å². The summed E-state index contributed by atoms with van der Waals surface area (Å²) in [5, 5.41) is 2.82. The summed E-state index contributed by atoms with van der Waals surface area (Å²) in [6.07, 6.45) is 8.02. The van der Waals surface area contributed by atoms with Crippen molar-refractivity contribution in [2.45, 2.75) is 25.8 Å². The molecule has 0 atom stereocenters. The van der Waals surface area contributed by atoms with E-state index in [4.69, 9.17) is 0 Å². The zero-order valence-electron chi connectivity index (χ0n) is 13.7. The maximum absolute atomic E-state index is 11.3. The SMILES string of the molecule is CC(=O)Nc1cccc(-c2cnc3c(N(C)C4CC4)nccn23)c1. The highest BCUT2D eigenvalue weighted by molar-refractivity contribution is 5.89. The molecule has 1 N–H and O–H groups in total. The van der Waals surface area contributed by atoms with E-state index in [2.05, 4.69) is 27.2 Å². The highest BCUT2D eigenvalue weighted by atomic mass is 16.1. The lowest BCUT2D eigenvalue weighted by atomic mass is 10.1. The molecule has 6 heteroatoms. The number of fused-ring (bicyclic) bond motifs is 1.